The van der Waals surface area contributed by atoms with Crippen molar-refractivity contribution in [1.29, 1.82) is 0 Å². The predicted molar refractivity (Wildman–Crippen MR) is 60.5 cm³/mol. The summed E-state index contributed by atoms with van der Waals surface area (Å²) in [6.45, 7) is 0. The van der Waals surface area contributed by atoms with Crippen molar-refractivity contribution in [3.8, 4) is 0 Å². The highest BCUT2D eigenvalue weighted by molar-refractivity contribution is 6.35. The number of halogens is 1. The second-order valence-corrected chi connectivity index (χ2v) is 3.01. The topological polar surface area (TPSA) is 40.5 Å². The Bertz CT molecular complexity index is 401. The van der Waals surface area contributed by atoms with Crippen molar-refractivity contribution in [2.75, 3.05) is 0 Å². The van der Waals surface area contributed by atoms with Crippen molar-refractivity contribution >= 4 is 30.1 Å². The molecular formula is C10H10BClO2. The molecule has 0 unspecified atom stereocenters. The summed E-state index contributed by atoms with van der Waals surface area (Å²) in [7, 11) is -0.750. The molecular weight excluding hydrogens is 198 g/mol. The van der Waals surface area contributed by atoms with E-state index in [1.54, 1.807) is 0 Å². The van der Waals surface area contributed by atoms with Gasteiger partial charge in [-0.05, 0) is 11.5 Å². The summed E-state index contributed by atoms with van der Waals surface area (Å²) >= 11 is 5.96. The van der Waals surface area contributed by atoms with Gasteiger partial charge in [0.2, 0.25) is 0 Å². The van der Waals surface area contributed by atoms with Crippen molar-refractivity contribution in [3.63, 3.8) is 0 Å². The average Bonchev–Trinajstić information content (AvgIpc) is 2.20. The molecule has 0 bridgehead atoms. The van der Waals surface area contributed by atoms with Crippen LogP contribution in [0.2, 0.25) is 5.02 Å². The third-order valence-corrected chi connectivity index (χ3v) is 2.07. The summed E-state index contributed by atoms with van der Waals surface area (Å²) in [5, 5.41) is 17.4. The van der Waals surface area contributed by atoms with Crippen molar-refractivity contribution < 1.29 is 10.0 Å². The first-order chi connectivity index (χ1) is 6.79. The Hall–Kier alpha value is -1.03. The van der Waals surface area contributed by atoms with Crippen molar-refractivity contribution in [1.82, 2.24) is 0 Å². The van der Waals surface area contributed by atoms with Crippen LogP contribution in [0.15, 0.2) is 42.5 Å². The van der Waals surface area contributed by atoms with Crippen LogP contribution in [0.4, 0.5) is 0 Å². The quantitative estimate of drug-likeness (QED) is 0.647. The van der Waals surface area contributed by atoms with Gasteiger partial charge in [-0.1, -0.05) is 48.0 Å². The summed E-state index contributed by atoms with van der Waals surface area (Å²) in [6, 6.07) is 14.0. The maximum atomic E-state index is 7.12. The first kappa shape index (κ1) is 11.1. The van der Waals surface area contributed by atoms with E-state index < -0.39 is 7.69 Å². The average molecular weight is 208 g/mol. The molecule has 0 fully saturated rings. The molecule has 4 heteroatoms. The van der Waals surface area contributed by atoms with Gasteiger partial charge in [-0.2, -0.15) is 0 Å². The molecule has 0 atom stereocenters. The van der Waals surface area contributed by atoms with Gasteiger partial charge < -0.3 is 10.0 Å². The molecule has 0 saturated carbocycles. The van der Waals surface area contributed by atoms with Gasteiger partial charge >= 0.3 is 7.69 Å². The normalized spacial score (nSPS) is 9.07. The number of fused-ring (bicyclic) bond motifs is 1. The zero-order valence-electron chi connectivity index (χ0n) is 7.52. The molecule has 0 amide bonds. The minimum Gasteiger partial charge on any atom is -0.430 e. The molecule has 2 aromatic carbocycles. The first-order valence-electron chi connectivity index (χ1n) is 4.14. The molecule has 0 aliphatic carbocycles. The summed E-state index contributed by atoms with van der Waals surface area (Å²) in [6.07, 6.45) is 0. The number of hydrogen-bond acceptors (Lipinski definition) is 2. The molecule has 0 aromatic heterocycles. The Labute approximate surface area is 88.1 Å². The van der Waals surface area contributed by atoms with E-state index in [0.29, 0.717) is 0 Å². The van der Waals surface area contributed by atoms with Gasteiger partial charge in [0.15, 0.2) is 0 Å². The molecule has 2 aromatic rings. The van der Waals surface area contributed by atoms with Crippen molar-refractivity contribution in [3.05, 3.63) is 47.5 Å². The third-order valence-electron chi connectivity index (χ3n) is 1.74. The lowest BCUT2D eigenvalue weighted by atomic mass is 10.1. The molecule has 2 N–H and O–H groups in total. The lowest BCUT2D eigenvalue weighted by Gasteiger charge is -1.97. The van der Waals surface area contributed by atoms with Gasteiger partial charge in [-0.25, -0.2) is 0 Å². The maximum absolute atomic E-state index is 7.12. The Morgan fingerprint density at radius 3 is 2.14 bits per heavy atom. The highest BCUT2D eigenvalue weighted by atomic mass is 35.5. The van der Waals surface area contributed by atoms with Crippen LogP contribution in [0.5, 0.6) is 0 Å². The van der Waals surface area contributed by atoms with Gasteiger partial charge in [0.1, 0.15) is 0 Å². The van der Waals surface area contributed by atoms with E-state index in [9.17, 15) is 0 Å². The van der Waals surface area contributed by atoms with E-state index in [-0.39, 0.29) is 0 Å². The number of hydrogen-bond donors (Lipinski definition) is 2. The van der Waals surface area contributed by atoms with Crippen LogP contribution in [-0.4, -0.2) is 17.7 Å². The standard InChI is InChI=1S/C10H7Cl.BH3O2/c11-10-7-3-5-8-4-1-2-6-9(8)10;2-1-3/h1-7H;1-3H. The first-order valence-corrected chi connectivity index (χ1v) is 4.52. The molecule has 2 rings (SSSR count). The van der Waals surface area contributed by atoms with Crippen LogP contribution in [0.1, 0.15) is 0 Å². The van der Waals surface area contributed by atoms with Gasteiger partial charge in [-0.3, -0.25) is 0 Å². The monoisotopic (exact) mass is 208 g/mol. The Balaban J connectivity index is 0.000000293. The molecule has 0 radical (unpaired) electrons. The predicted octanol–water partition coefficient (Wildman–Crippen LogP) is 1.73. The zero-order chi connectivity index (χ0) is 10.4. The van der Waals surface area contributed by atoms with E-state index in [0.717, 1.165) is 10.4 Å². The Morgan fingerprint density at radius 1 is 0.929 bits per heavy atom. The Kier molecular flexibility index (Phi) is 4.46. The molecule has 0 spiro atoms. The molecule has 72 valence electrons. The van der Waals surface area contributed by atoms with Crippen LogP contribution >= 0.6 is 11.6 Å². The Morgan fingerprint density at radius 2 is 1.50 bits per heavy atom. The second kappa shape index (κ2) is 5.65. The lowest BCUT2D eigenvalue weighted by Crippen LogP contribution is -1.75. The minimum atomic E-state index is -0.750. The van der Waals surface area contributed by atoms with Gasteiger partial charge in [0, 0.05) is 10.4 Å². The van der Waals surface area contributed by atoms with Crippen LogP contribution < -0.4 is 0 Å². The minimum absolute atomic E-state index is 0.750. The largest absolute Gasteiger partial charge is 0.432 e. The zero-order valence-corrected chi connectivity index (χ0v) is 8.28. The molecule has 2 nitrogen and oxygen atoms in total. The summed E-state index contributed by atoms with van der Waals surface area (Å²) in [4.78, 5) is 0. The fourth-order valence-electron chi connectivity index (χ4n) is 1.19. The molecule has 0 aliphatic heterocycles. The van der Waals surface area contributed by atoms with Gasteiger partial charge in [0.25, 0.3) is 0 Å². The third kappa shape index (κ3) is 2.74. The van der Waals surface area contributed by atoms with E-state index in [2.05, 4.69) is 12.1 Å². The summed E-state index contributed by atoms with van der Waals surface area (Å²) in [5.41, 5.74) is 0. The lowest BCUT2D eigenvalue weighted by molar-refractivity contribution is 0.448. The smallest absolute Gasteiger partial charge is 0.430 e. The SMILES string of the molecule is Clc1cccc2ccccc12.OBO. The highest BCUT2D eigenvalue weighted by Gasteiger charge is 1.93. The maximum Gasteiger partial charge on any atom is 0.432 e. The molecule has 14 heavy (non-hydrogen) atoms. The van der Waals surface area contributed by atoms with Crippen molar-refractivity contribution in [2.45, 2.75) is 0 Å². The van der Waals surface area contributed by atoms with Crippen LogP contribution in [-0.2, 0) is 0 Å². The molecule has 0 saturated heterocycles. The number of rotatable bonds is 0. The van der Waals surface area contributed by atoms with E-state index >= 15 is 0 Å². The molecule has 0 aliphatic rings. The summed E-state index contributed by atoms with van der Waals surface area (Å²) in [5.74, 6) is 0. The fraction of sp³-hybridized carbons (Fsp3) is 0. The van der Waals surface area contributed by atoms with Gasteiger partial charge in [-0.15, -0.1) is 0 Å². The second-order valence-electron chi connectivity index (χ2n) is 2.60. The molecule has 0 heterocycles. The van der Waals surface area contributed by atoms with E-state index in [4.69, 9.17) is 21.6 Å². The van der Waals surface area contributed by atoms with Gasteiger partial charge in [0.05, 0.1) is 0 Å². The van der Waals surface area contributed by atoms with Crippen LogP contribution in [0.3, 0.4) is 0 Å². The van der Waals surface area contributed by atoms with E-state index in [1.807, 2.05) is 30.3 Å². The van der Waals surface area contributed by atoms with E-state index in [1.165, 1.54) is 5.39 Å². The van der Waals surface area contributed by atoms with Crippen LogP contribution in [0.25, 0.3) is 10.8 Å². The fourth-order valence-corrected chi connectivity index (χ4v) is 1.43. The summed E-state index contributed by atoms with van der Waals surface area (Å²) < 4.78 is 0. The highest BCUT2D eigenvalue weighted by Crippen LogP contribution is 2.21. The number of benzene rings is 2. The van der Waals surface area contributed by atoms with Crippen LogP contribution in [0, 0.1) is 0 Å². The van der Waals surface area contributed by atoms with Crippen molar-refractivity contribution in [2.24, 2.45) is 0 Å².